The lowest BCUT2D eigenvalue weighted by atomic mass is 10.1. The average Bonchev–Trinajstić information content (AvgIpc) is 2.89. The molecule has 36 heavy (non-hydrogen) atoms. The number of pyridine rings is 3. The summed E-state index contributed by atoms with van der Waals surface area (Å²) < 4.78 is 11.7. The molecule has 0 saturated carbocycles. The van der Waals surface area contributed by atoms with Crippen LogP contribution in [0.5, 0.6) is 17.2 Å². The first-order chi connectivity index (χ1) is 17.4. The minimum absolute atomic E-state index is 0.0322. The van der Waals surface area contributed by atoms with Gasteiger partial charge in [0.2, 0.25) is 0 Å². The van der Waals surface area contributed by atoms with Crippen molar-refractivity contribution in [3.63, 3.8) is 0 Å². The van der Waals surface area contributed by atoms with Crippen LogP contribution in [0.2, 0.25) is 0 Å². The monoisotopic (exact) mass is 481 g/mol. The van der Waals surface area contributed by atoms with Gasteiger partial charge in [0.1, 0.15) is 28.8 Å². The predicted octanol–water partition coefficient (Wildman–Crippen LogP) is 6.64. The quantitative estimate of drug-likeness (QED) is 0.140. The van der Waals surface area contributed by atoms with Gasteiger partial charge >= 0.3 is 0 Å². The smallest absolute Gasteiger partial charge is 0.155 e. The molecule has 4 aromatic rings. The molecule has 9 nitrogen and oxygen atoms in total. The van der Waals surface area contributed by atoms with E-state index in [1.165, 1.54) is 0 Å². The second-order valence-corrected chi connectivity index (χ2v) is 8.18. The molecular formula is C27H27N7O2. The van der Waals surface area contributed by atoms with Crippen molar-refractivity contribution in [2.75, 3.05) is 12.4 Å². The van der Waals surface area contributed by atoms with E-state index in [0.29, 0.717) is 41.6 Å². The van der Waals surface area contributed by atoms with Crippen molar-refractivity contribution < 1.29 is 9.47 Å². The third-order valence-corrected chi connectivity index (χ3v) is 5.56. The van der Waals surface area contributed by atoms with E-state index >= 15 is 0 Å². The Hall–Kier alpha value is -4.66. The number of benzene rings is 1. The van der Waals surface area contributed by atoms with E-state index in [9.17, 15) is 0 Å². The van der Waals surface area contributed by atoms with Gasteiger partial charge < -0.3 is 14.8 Å². The summed E-state index contributed by atoms with van der Waals surface area (Å²) in [4.78, 5) is 13.6. The molecule has 0 amide bonds. The van der Waals surface area contributed by atoms with Crippen LogP contribution in [-0.4, -0.2) is 27.9 Å². The maximum absolute atomic E-state index is 7.60. The van der Waals surface area contributed by atoms with Crippen LogP contribution >= 0.6 is 0 Å². The third kappa shape index (κ3) is 6.06. The predicted molar refractivity (Wildman–Crippen MR) is 139 cm³/mol. The summed E-state index contributed by atoms with van der Waals surface area (Å²) in [6.45, 7) is 3.96. The zero-order valence-electron chi connectivity index (χ0n) is 20.4. The van der Waals surface area contributed by atoms with Crippen molar-refractivity contribution in [3.05, 3.63) is 83.8 Å². The van der Waals surface area contributed by atoms with Gasteiger partial charge in [-0.25, -0.2) is 15.5 Å². The van der Waals surface area contributed by atoms with Gasteiger partial charge in [-0.15, -0.1) is 5.11 Å². The number of nitrogens with zero attached hydrogens (tertiary/aromatic N) is 4. The van der Waals surface area contributed by atoms with Crippen molar-refractivity contribution in [2.24, 2.45) is 5.11 Å². The Kier molecular flexibility index (Phi) is 7.60. The highest BCUT2D eigenvalue weighted by atomic mass is 16.5. The summed E-state index contributed by atoms with van der Waals surface area (Å²) in [5, 5.41) is 14.1. The number of amidine groups is 1. The summed E-state index contributed by atoms with van der Waals surface area (Å²) in [7, 11) is 1.60. The summed E-state index contributed by atoms with van der Waals surface area (Å²) in [5.74, 6) is 2.52. The molecule has 0 unspecified atom stereocenters. The normalized spacial score (nSPS) is 10.5. The highest BCUT2D eigenvalue weighted by molar-refractivity contribution is 5.79. The van der Waals surface area contributed by atoms with Crippen molar-refractivity contribution in [1.29, 1.82) is 10.9 Å². The van der Waals surface area contributed by atoms with Gasteiger partial charge in [-0.05, 0) is 67.8 Å². The second-order valence-electron chi connectivity index (χ2n) is 8.18. The van der Waals surface area contributed by atoms with Gasteiger partial charge in [0.05, 0.1) is 12.8 Å². The number of ether oxygens (including phenoxy) is 2. The molecule has 0 aliphatic carbocycles. The Balaban J connectivity index is 1.59. The summed E-state index contributed by atoms with van der Waals surface area (Å²) in [5.41, 5.74) is 12.1. The highest BCUT2D eigenvalue weighted by Crippen LogP contribution is 2.33. The van der Waals surface area contributed by atoms with Crippen LogP contribution in [0.25, 0.3) is 11.4 Å². The molecule has 9 heteroatoms. The van der Waals surface area contributed by atoms with E-state index in [2.05, 4.69) is 20.4 Å². The standard InChI is InChI=1S/C27H27N7O2/c1-17-12-24(27(32-18(17)2)23-6-4-5-10-30-23)36-21-9-11-31-26(16-21)33-20-13-19(7-8-25(28)34-29)14-22(15-20)35-3/h4-6,9-16,28-29H,7-8H2,1-3H3,(H,31,33). The molecule has 0 aliphatic heterocycles. The summed E-state index contributed by atoms with van der Waals surface area (Å²) in [6.07, 6.45) is 4.35. The third-order valence-electron chi connectivity index (χ3n) is 5.56. The minimum Gasteiger partial charge on any atom is -0.497 e. The van der Waals surface area contributed by atoms with E-state index in [1.807, 2.05) is 62.4 Å². The first-order valence-corrected chi connectivity index (χ1v) is 11.4. The molecule has 1 aromatic carbocycles. The van der Waals surface area contributed by atoms with Crippen LogP contribution in [0.1, 0.15) is 23.2 Å². The molecule has 0 radical (unpaired) electrons. The number of hydrogen-bond donors (Lipinski definition) is 3. The van der Waals surface area contributed by atoms with Crippen LogP contribution in [0.4, 0.5) is 11.5 Å². The maximum atomic E-state index is 7.60. The fraction of sp³-hybridized carbons (Fsp3) is 0.185. The molecule has 3 aromatic heterocycles. The van der Waals surface area contributed by atoms with Crippen molar-refractivity contribution in [2.45, 2.75) is 26.7 Å². The largest absolute Gasteiger partial charge is 0.497 e. The van der Waals surface area contributed by atoms with Gasteiger partial charge in [-0.2, -0.15) is 0 Å². The number of anilines is 2. The number of methoxy groups -OCH3 is 1. The van der Waals surface area contributed by atoms with E-state index in [-0.39, 0.29) is 5.84 Å². The maximum Gasteiger partial charge on any atom is 0.155 e. The van der Waals surface area contributed by atoms with Gasteiger partial charge in [0.25, 0.3) is 0 Å². The van der Waals surface area contributed by atoms with Crippen LogP contribution in [0, 0.1) is 24.8 Å². The van der Waals surface area contributed by atoms with Crippen molar-refractivity contribution in [1.82, 2.24) is 15.0 Å². The molecule has 0 atom stereocenters. The van der Waals surface area contributed by atoms with E-state index in [0.717, 1.165) is 28.2 Å². The molecule has 0 bridgehead atoms. The average molecular weight is 482 g/mol. The molecular weight excluding hydrogens is 454 g/mol. The van der Waals surface area contributed by atoms with E-state index in [4.69, 9.17) is 25.4 Å². The lowest BCUT2D eigenvalue weighted by Gasteiger charge is -2.14. The topological polar surface area (TPSA) is 129 Å². The second kappa shape index (κ2) is 11.2. The Morgan fingerprint density at radius 2 is 1.86 bits per heavy atom. The minimum atomic E-state index is 0.0322. The van der Waals surface area contributed by atoms with Crippen LogP contribution in [0.3, 0.4) is 0 Å². The zero-order chi connectivity index (χ0) is 25.5. The Bertz CT molecular complexity index is 1390. The molecule has 4 rings (SSSR count). The van der Waals surface area contributed by atoms with E-state index in [1.54, 1.807) is 25.6 Å². The van der Waals surface area contributed by atoms with Gasteiger partial charge in [0, 0.05) is 42.3 Å². The lowest BCUT2D eigenvalue weighted by Crippen LogP contribution is -2.00. The molecule has 0 spiro atoms. The Labute approximate surface area is 209 Å². The molecule has 0 fully saturated rings. The first kappa shape index (κ1) is 24.5. The summed E-state index contributed by atoms with van der Waals surface area (Å²) in [6, 6.07) is 17.0. The summed E-state index contributed by atoms with van der Waals surface area (Å²) >= 11 is 0. The number of aromatic nitrogens is 3. The molecule has 3 heterocycles. The van der Waals surface area contributed by atoms with Crippen molar-refractivity contribution >= 4 is 17.3 Å². The number of rotatable bonds is 9. The fourth-order valence-corrected chi connectivity index (χ4v) is 3.58. The molecule has 0 aliphatic rings. The van der Waals surface area contributed by atoms with Gasteiger partial charge in [-0.1, -0.05) is 6.07 Å². The molecule has 182 valence electrons. The Morgan fingerprint density at radius 1 is 1.00 bits per heavy atom. The highest BCUT2D eigenvalue weighted by Gasteiger charge is 2.14. The number of nitrogens with one attached hydrogen (secondary N) is 3. The van der Waals surface area contributed by atoms with Crippen molar-refractivity contribution in [3.8, 4) is 28.6 Å². The van der Waals surface area contributed by atoms with Crippen LogP contribution in [0.15, 0.2) is 72.1 Å². The van der Waals surface area contributed by atoms with E-state index < -0.39 is 0 Å². The zero-order valence-corrected chi connectivity index (χ0v) is 20.4. The van der Waals surface area contributed by atoms with Crippen LogP contribution in [-0.2, 0) is 6.42 Å². The number of hydrogen-bond acceptors (Lipinski definition) is 8. The SMILES string of the molecule is COc1cc(CCC(=N)N=N)cc(Nc2cc(Oc3cc(C)c(C)nc3-c3ccccn3)ccn2)c1. The fourth-order valence-electron chi connectivity index (χ4n) is 3.58. The number of aryl methyl sites for hydroxylation is 3. The van der Waals surface area contributed by atoms with Gasteiger partial charge in [0.15, 0.2) is 5.75 Å². The molecule has 3 N–H and O–H groups in total. The Morgan fingerprint density at radius 3 is 2.61 bits per heavy atom. The first-order valence-electron chi connectivity index (χ1n) is 11.4. The molecule has 0 saturated heterocycles. The van der Waals surface area contributed by atoms with Crippen LogP contribution < -0.4 is 14.8 Å². The van der Waals surface area contributed by atoms with Gasteiger partial charge in [-0.3, -0.25) is 10.4 Å². The lowest BCUT2D eigenvalue weighted by molar-refractivity contribution is 0.414.